The van der Waals surface area contributed by atoms with Gasteiger partial charge in [-0.1, -0.05) is 31.4 Å². The summed E-state index contributed by atoms with van der Waals surface area (Å²) in [6.07, 6.45) is 2.15. The van der Waals surface area contributed by atoms with Crippen LogP contribution in [0.5, 0.6) is 0 Å². The van der Waals surface area contributed by atoms with Crippen molar-refractivity contribution in [1.82, 2.24) is 0 Å². The van der Waals surface area contributed by atoms with Crippen LogP contribution in [0.3, 0.4) is 0 Å². The highest BCUT2D eigenvalue weighted by atomic mass is 35.7. The van der Waals surface area contributed by atoms with Gasteiger partial charge in [-0.2, -0.15) is 0 Å². The van der Waals surface area contributed by atoms with Crippen molar-refractivity contribution >= 4 is 36.9 Å². The van der Waals surface area contributed by atoms with E-state index < -0.39 is 14.8 Å². The van der Waals surface area contributed by atoms with E-state index in [-0.39, 0.29) is 0 Å². The number of allylic oxidation sites excluding steroid dienone is 1. The standard InChI is InChI=1S/C7H16Cl2Si2/c1-10(2,3)6-5-7-11(4,8)9/h5,7H,6H2,1-4H3/b7-5+. The van der Waals surface area contributed by atoms with Gasteiger partial charge in [0.2, 0.25) is 0 Å². The molecule has 0 aliphatic carbocycles. The molecule has 0 rings (SSSR count). The molecule has 0 unspecified atom stereocenters. The van der Waals surface area contributed by atoms with E-state index in [1.165, 1.54) is 6.04 Å². The molecule has 11 heavy (non-hydrogen) atoms. The van der Waals surface area contributed by atoms with Crippen LogP contribution in [-0.2, 0) is 0 Å². The zero-order valence-corrected chi connectivity index (χ0v) is 11.1. The molecule has 0 N–H and O–H groups in total. The van der Waals surface area contributed by atoms with E-state index >= 15 is 0 Å². The highest BCUT2D eigenvalue weighted by Crippen LogP contribution is 2.17. The molecule has 0 aromatic carbocycles. The van der Waals surface area contributed by atoms with Gasteiger partial charge in [0.1, 0.15) is 0 Å². The van der Waals surface area contributed by atoms with Gasteiger partial charge in [-0.25, -0.2) is 0 Å². The summed E-state index contributed by atoms with van der Waals surface area (Å²) >= 11 is 11.8. The number of rotatable bonds is 3. The molecule has 0 radical (unpaired) electrons. The van der Waals surface area contributed by atoms with Crippen LogP contribution in [0.15, 0.2) is 11.8 Å². The van der Waals surface area contributed by atoms with Crippen LogP contribution < -0.4 is 0 Å². The minimum absolute atomic E-state index is 0.939. The second-order valence-electron chi connectivity index (χ2n) is 4.12. The molecular weight excluding hydrogens is 211 g/mol. The molecule has 0 aromatic rings. The Morgan fingerprint density at radius 2 is 1.55 bits per heavy atom. The zero-order chi connectivity index (χ0) is 9.12. The van der Waals surface area contributed by atoms with Crippen molar-refractivity contribution in [3.8, 4) is 0 Å². The average Bonchev–Trinajstić information content (AvgIpc) is 1.55. The summed E-state index contributed by atoms with van der Waals surface area (Å²) < 4.78 is 0. The SMILES string of the molecule is C[Si](Cl)(Cl)/C=C/C[Si](C)(C)C. The monoisotopic (exact) mass is 226 g/mol. The van der Waals surface area contributed by atoms with Gasteiger partial charge in [0.15, 0.2) is 0 Å². The fraction of sp³-hybridized carbons (Fsp3) is 0.714. The normalized spacial score (nSPS) is 14.4. The summed E-state index contributed by atoms with van der Waals surface area (Å²) in [5.74, 6) is 0. The molecule has 0 aromatic heterocycles. The maximum Gasteiger partial charge on any atom is 0.270 e. The minimum Gasteiger partial charge on any atom is -0.141 e. The fourth-order valence-electron chi connectivity index (χ4n) is 0.619. The van der Waals surface area contributed by atoms with Crippen LogP contribution in [0.25, 0.3) is 0 Å². The molecule has 0 atom stereocenters. The molecular formula is C7H16Cl2Si2. The molecule has 4 heteroatoms. The minimum atomic E-state index is -1.97. The summed E-state index contributed by atoms with van der Waals surface area (Å²) in [6, 6.07) is 1.18. The van der Waals surface area contributed by atoms with E-state index in [1.807, 2.05) is 12.2 Å². The summed E-state index contributed by atoms with van der Waals surface area (Å²) in [4.78, 5) is 0. The second-order valence-corrected chi connectivity index (χ2v) is 17.2. The number of halogens is 2. The predicted octanol–water partition coefficient (Wildman–Crippen LogP) is 3.97. The second kappa shape index (κ2) is 4.12. The first-order chi connectivity index (χ1) is 4.71. The third-order valence-corrected chi connectivity index (χ3v) is 4.18. The molecule has 0 nitrogen and oxygen atoms in total. The molecule has 66 valence electrons. The van der Waals surface area contributed by atoms with Crippen LogP contribution in [0.2, 0.25) is 32.2 Å². The Labute approximate surface area is 81.0 Å². The number of hydrogen-bond donors (Lipinski definition) is 0. The van der Waals surface area contributed by atoms with Gasteiger partial charge < -0.3 is 0 Å². The quantitative estimate of drug-likeness (QED) is 0.505. The van der Waals surface area contributed by atoms with Crippen molar-refractivity contribution < 1.29 is 0 Å². The Bertz CT molecular complexity index is 142. The van der Waals surface area contributed by atoms with Crippen molar-refractivity contribution in [2.45, 2.75) is 32.2 Å². The van der Waals surface area contributed by atoms with Gasteiger partial charge in [0.05, 0.1) is 0 Å². The summed E-state index contributed by atoms with van der Waals surface area (Å²) in [6.45, 7) is 6.94. The van der Waals surface area contributed by atoms with Crippen molar-refractivity contribution in [1.29, 1.82) is 0 Å². The largest absolute Gasteiger partial charge is 0.270 e. The van der Waals surface area contributed by atoms with Crippen LogP contribution in [-0.4, -0.2) is 14.8 Å². The van der Waals surface area contributed by atoms with Crippen molar-refractivity contribution in [2.24, 2.45) is 0 Å². The lowest BCUT2D eigenvalue weighted by atomic mass is 10.8. The van der Waals surface area contributed by atoms with Crippen molar-refractivity contribution in [3.05, 3.63) is 11.8 Å². The smallest absolute Gasteiger partial charge is 0.141 e. The van der Waals surface area contributed by atoms with E-state index in [0.717, 1.165) is 0 Å². The van der Waals surface area contributed by atoms with Gasteiger partial charge >= 0.3 is 0 Å². The van der Waals surface area contributed by atoms with Gasteiger partial charge in [-0.3, -0.25) is 0 Å². The third-order valence-electron chi connectivity index (χ3n) is 1.14. The molecule has 0 bridgehead atoms. The lowest BCUT2D eigenvalue weighted by Gasteiger charge is -2.12. The Morgan fingerprint density at radius 3 is 1.82 bits per heavy atom. The topological polar surface area (TPSA) is 0 Å². The number of hydrogen-bond acceptors (Lipinski definition) is 0. The molecule has 0 spiro atoms. The highest BCUT2D eigenvalue weighted by Gasteiger charge is 2.16. The molecule has 0 fully saturated rings. The predicted molar refractivity (Wildman–Crippen MR) is 60.6 cm³/mol. The van der Waals surface area contributed by atoms with Gasteiger partial charge in [0, 0.05) is 8.07 Å². The lowest BCUT2D eigenvalue weighted by Crippen LogP contribution is -2.18. The lowest BCUT2D eigenvalue weighted by molar-refractivity contribution is 1.52. The van der Waals surface area contributed by atoms with E-state index in [2.05, 4.69) is 25.7 Å². The third kappa shape index (κ3) is 10.8. The Hall–Kier alpha value is 0.754. The van der Waals surface area contributed by atoms with Gasteiger partial charge in [0.25, 0.3) is 6.69 Å². The van der Waals surface area contributed by atoms with Gasteiger partial charge in [-0.15, -0.1) is 22.2 Å². The van der Waals surface area contributed by atoms with E-state index in [1.54, 1.807) is 0 Å². The molecule has 0 saturated carbocycles. The Kier molecular flexibility index (Phi) is 4.40. The summed E-state index contributed by atoms with van der Waals surface area (Å²) in [7, 11) is -0.939. The van der Waals surface area contributed by atoms with Crippen LogP contribution >= 0.6 is 22.2 Å². The maximum absolute atomic E-state index is 5.89. The molecule has 0 saturated heterocycles. The zero-order valence-electron chi connectivity index (χ0n) is 7.62. The molecule has 0 aliphatic rings. The summed E-state index contributed by atoms with van der Waals surface area (Å²) in [5.41, 5.74) is 1.99. The van der Waals surface area contributed by atoms with Crippen molar-refractivity contribution in [2.75, 3.05) is 0 Å². The van der Waals surface area contributed by atoms with Crippen molar-refractivity contribution in [3.63, 3.8) is 0 Å². The fourth-order valence-corrected chi connectivity index (χ4v) is 2.75. The first kappa shape index (κ1) is 11.8. The van der Waals surface area contributed by atoms with E-state index in [4.69, 9.17) is 22.2 Å². The first-order valence-electron chi connectivity index (χ1n) is 3.76. The Balaban J connectivity index is 3.80. The highest BCUT2D eigenvalue weighted by molar-refractivity contribution is 7.47. The summed E-state index contributed by atoms with van der Waals surface area (Å²) in [5, 5.41) is 0. The maximum atomic E-state index is 5.89. The first-order valence-corrected chi connectivity index (χ1v) is 12.1. The van der Waals surface area contributed by atoms with Crippen LogP contribution in [0.4, 0.5) is 0 Å². The van der Waals surface area contributed by atoms with Crippen LogP contribution in [0.1, 0.15) is 0 Å². The molecule has 0 heterocycles. The van der Waals surface area contributed by atoms with Gasteiger partial charge in [-0.05, 0) is 12.6 Å². The average molecular weight is 227 g/mol. The van der Waals surface area contributed by atoms with E-state index in [9.17, 15) is 0 Å². The van der Waals surface area contributed by atoms with Crippen LogP contribution in [0, 0.1) is 0 Å². The molecule has 0 aliphatic heterocycles. The Morgan fingerprint density at radius 1 is 1.09 bits per heavy atom. The molecule has 0 amide bonds. The van der Waals surface area contributed by atoms with E-state index in [0.29, 0.717) is 0 Å².